The van der Waals surface area contributed by atoms with Gasteiger partial charge in [-0.1, -0.05) is 37.6 Å². The Balaban J connectivity index is 1.85. The summed E-state index contributed by atoms with van der Waals surface area (Å²) in [6.07, 6.45) is 2.62. The predicted octanol–water partition coefficient (Wildman–Crippen LogP) is 5.13. The summed E-state index contributed by atoms with van der Waals surface area (Å²) in [7, 11) is 1.68. The molecule has 174 valence electrons. The van der Waals surface area contributed by atoms with Crippen molar-refractivity contribution in [2.75, 3.05) is 20.3 Å². The zero-order chi connectivity index (χ0) is 23.1. The lowest BCUT2D eigenvalue weighted by molar-refractivity contribution is 0.0523. The summed E-state index contributed by atoms with van der Waals surface area (Å²) >= 11 is 0. The number of hydrogen-bond acceptors (Lipinski definition) is 5. The molecule has 0 aromatic heterocycles. The molecule has 1 unspecified atom stereocenters. The number of hydrogen-bond donors (Lipinski definition) is 2. The topological polar surface area (TPSA) is 68.8 Å². The van der Waals surface area contributed by atoms with Crippen LogP contribution in [0.4, 0.5) is 4.79 Å². The second kappa shape index (κ2) is 10.7. The van der Waals surface area contributed by atoms with E-state index in [1.165, 1.54) is 11.1 Å². The monoisotopic (exact) mass is 440 g/mol. The van der Waals surface area contributed by atoms with Crippen molar-refractivity contribution in [1.29, 1.82) is 0 Å². The van der Waals surface area contributed by atoms with Crippen LogP contribution in [0.2, 0.25) is 0 Å². The number of fused-ring (bicyclic) bond motifs is 1. The number of alkyl carbamates (subject to hydrolysis) is 1. The van der Waals surface area contributed by atoms with Gasteiger partial charge in [-0.3, -0.25) is 0 Å². The Morgan fingerprint density at radius 1 is 1.16 bits per heavy atom. The molecule has 0 saturated carbocycles. The molecule has 0 aliphatic carbocycles. The van der Waals surface area contributed by atoms with E-state index in [0.29, 0.717) is 13.2 Å². The second-order valence-corrected chi connectivity index (χ2v) is 9.10. The number of carbonyl (C=O) groups excluding carboxylic acids is 1. The first-order valence-electron chi connectivity index (χ1n) is 11.4. The van der Waals surface area contributed by atoms with E-state index in [1.807, 2.05) is 39.0 Å². The SMILES string of the molecule is CCCCOc1cc2c(cc1OC)C(c1ccccc1CNC(=O)OC(C)(C)C)NCC2. The molecule has 0 spiro atoms. The molecule has 1 heterocycles. The Labute approximate surface area is 191 Å². The lowest BCUT2D eigenvalue weighted by atomic mass is 9.87. The minimum absolute atomic E-state index is 0.00831. The average Bonchev–Trinajstić information content (AvgIpc) is 2.76. The van der Waals surface area contributed by atoms with E-state index in [2.05, 4.69) is 35.8 Å². The number of carbonyl (C=O) groups is 1. The summed E-state index contributed by atoms with van der Waals surface area (Å²) in [6.45, 7) is 9.68. The van der Waals surface area contributed by atoms with Crippen molar-refractivity contribution in [1.82, 2.24) is 10.6 Å². The van der Waals surface area contributed by atoms with E-state index >= 15 is 0 Å². The first-order chi connectivity index (χ1) is 15.3. The standard InChI is InChI=1S/C26H36N2O4/c1-6-7-14-31-23-15-18-12-13-27-24(21(18)16-22(23)30-5)20-11-9-8-10-19(20)17-28-25(29)32-26(2,3)4/h8-11,15-16,24,27H,6-7,12-14,17H2,1-5H3,(H,28,29). The van der Waals surface area contributed by atoms with Gasteiger partial charge in [0, 0.05) is 13.1 Å². The summed E-state index contributed by atoms with van der Waals surface area (Å²) < 4.78 is 17.0. The number of ether oxygens (including phenoxy) is 3. The molecule has 2 N–H and O–H groups in total. The third kappa shape index (κ3) is 6.16. The first kappa shape index (κ1) is 23.9. The summed E-state index contributed by atoms with van der Waals surface area (Å²) in [6, 6.07) is 12.4. The van der Waals surface area contributed by atoms with E-state index in [9.17, 15) is 4.79 Å². The highest BCUT2D eigenvalue weighted by Crippen LogP contribution is 2.38. The molecule has 6 nitrogen and oxygen atoms in total. The van der Waals surface area contributed by atoms with Crippen molar-refractivity contribution >= 4 is 6.09 Å². The zero-order valence-corrected chi connectivity index (χ0v) is 19.9. The normalized spacial score (nSPS) is 15.6. The Morgan fingerprint density at radius 3 is 2.66 bits per heavy atom. The maximum Gasteiger partial charge on any atom is 0.407 e. The van der Waals surface area contributed by atoms with E-state index in [0.717, 1.165) is 48.4 Å². The number of rotatable bonds is 8. The minimum atomic E-state index is -0.527. The summed E-state index contributed by atoms with van der Waals surface area (Å²) in [4.78, 5) is 12.2. The molecule has 6 heteroatoms. The van der Waals surface area contributed by atoms with Gasteiger partial charge in [0.2, 0.25) is 0 Å². The summed E-state index contributed by atoms with van der Waals surface area (Å²) in [5.74, 6) is 1.55. The molecule has 32 heavy (non-hydrogen) atoms. The van der Waals surface area contributed by atoms with Crippen LogP contribution in [0.5, 0.6) is 11.5 Å². The molecular weight excluding hydrogens is 404 g/mol. The van der Waals surface area contributed by atoms with Crippen LogP contribution in [0, 0.1) is 0 Å². The van der Waals surface area contributed by atoms with Gasteiger partial charge in [0.05, 0.1) is 19.8 Å². The van der Waals surface area contributed by atoms with Crippen LogP contribution in [-0.2, 0) is 17.7 Å². The van der Waals surface area contributed by atoms with Crippen molar-refractivity contribution in [3.63, 3.8) is 0 Å². The maximum absolute atomic E-state index is 12.2. The van der Waals surface area contributed by atoms with Crippen molar-refractivity contribution < 1.29 is 19.0 Å². The van der Waals surface area contributed by atoms with Crippen LogP contribution in [0.1, 0.15) is 68.8 Å². The van der Waals surface area contributed by atoms with E-state index < -0.39 is 11.7 Å². The minimum Gasteiger partial charge on any atom is -0.493 e. The smallest absolute Gasteiger partial charge is 0.407 e. The Kier molecular flexibility index (Phi) is 8.02. The molecule has 2 aromatic carbocycles. The van der Waals surface area contributed by atoms with Gasteiger partial charge in [-0.05, 0) is 68.0 Å². The maximum atomic E-state index is 12.2. The van der Waals surface area contributed by atoms with Crippen molar-refractivity contribution in [3.05, 3.63) is 58.7 Å². The van der Waals surface area contributed by atoms with Gasteiger partial charge in [-0.2, -0.15) is 0 Å². The van der Waals surface area contributed by atoms with Gasteiger partial charge in [-0.25, -0.2) is 4.79 Å². The molecule has 1 aliphatic heterocycles. The summed E-state index contributed by atoms with van der Waals surface area (Å²) in [5.41, 5.74) is 4.09. The van der Waals surface area contributed by atoms with Gasteiger partial charge < -0.3 is 24.8 Å². The largest absolute Gasteiger partial charge is 0.493 e. The number of amides is 1. The molecule has 1 aliphatic rings. The van der Waals surface area contributed by atoms with Crippen LogP contribution in [0.25, 0.3) is 0 Å². The molecule has 3 rings (SSSR count). The van der Waals surface area contributed by atoms with Crippen LogP contribution in [-0.4, -0.2) is 32.0 Å². The molecular formula is C26H36N2O4. The molecule has 0 fully saturated rings. The highest BCUT2D eigenvalue weighted by Gasteiger charge is 2.26. The van der Waals surface area contributed by atoms with Crippen LogP contribution >= 0.6 is 0 Å². The van der Waals surface area contributed by atoms with E-state index in [-0.39, 0.29) is 6.04 Å². The number of unbranched alkanes of at least 4 members (excludes halogenated alkanes) is 1. The van der Waals surface area contributed by atoms with Gasteiger partial charge >= 0.3 is 6.09 Å². The fourth-order valence-corrected chi connectivity index (χ4v) is 3.90. The van der Waals surface area contributed by atoms with Crippen molar-refractivity contribution in [2.45, 2.75) is 65.1 Å². The fraction of sp³-hybridized carbons (Fsp3) is 0.500. The number of methoxy groups -OCH3 is 1. The van der Waals surface area contributed by atoms with E-state index in [4.69, 9.17) is 14.2 Å². The lowest BCUT2D eigenvalue weighted by Gasteiger charge is -2.30. The molecule has 0 saturated heterocycles. The van der Waals surface area contributed by atoms with Gasteiger partial charge in [0.25, 0.3) is 0 Å². The third-order valence-electron chi connectivity index (χ3n) is 5.42. The van der Waals surface area contributed by atoms with Gasteiger partial charge in [0.15, 0.2) is 11.5 Å². The number of benzene rings is 2. The van der Waals surface area contributed by atoms with Crippen molar-refractivity contribution in [2.24, 2.45) is 0 Å². The third-order valence-corrected chi connectivity index (χ3v) is 5.42. The lowest BCUT2D eigenvalue weighted by Crippen LogP contribution is -2.34. The van der Waals surface area contributed by atoms with Gasteiger partial charge in [-0.15, -0.1) is 0 Å². The fourth-order valence-electron chi connectivity index (χ4n) is 3.90. The summed E-state index contributed by atoms with van der Waals surface area (Å²) in [5, 5.41) is 6.53. The van der Waals surface area contributed by atoms with Crippen LogP contribution in [0.3, 0.4) is 0 Å². The van der Waals surface area contributed by atoms with Crippen LogP contribution < -0.4 is 20.1 Å². The highest BCUT2D eigenvalue weighted by molar-refractivity contribution is 5.67. The van der Waals surface area contributed by atoms with Crippen molar-refractivity contribution in [3.8, 4) is 11.5 Å². The van der Waals surface area contributed by atoms with E-state index in [1.54, 1.807) is 7.11 Å². The second-order valence-electron chi connectivity index (χ2n) is 9.10. The molecule has 1 atom stereocenters. The van der Waals surface area contributed by atoms with Crippen LogP contribution in [0.15, 0.2) is 36.4 Å². The molecule has 1 amide bonds. The predicted molar refractivity (Wildman–Crippen MR) is 126 cm³/mol. The van der Waals surface area contributed by atoms with Gasteiger partial charge in [0.1, 0.15) is 5.60 Å². The highest BCUT2D eigenvalue weighted by atomic mass is 16.6. The average molecular weight is 441 g/mol. The Morgan fingerprint density at radius 2 is 1.94 bits per heavy atom. The molecule has 0 radical (unpaired) electrons. The first-order valence-corrected chi connectivity index (χ1v) is 11.4. The Hall–Kier alpha value is -2.73. The Bertz CT molecular complexity index is 921. The zero-order valence-electron chi connectivity index (χ0n) is 19.9. The molecule has 0 bridgehead atoms. The number of nitrogens with one attached hydrogen (secondary N) is 2. The quantitative estimate of drug-likeness (QED) is 0.557. The molecule has 2 aromatic rings.